The number of hydrogen-bond donors (Lipinski definition) is 1. The van der Waals surface area contributed by atoms with Crippen LogP contribution in [0.1, 0.15) is 96.8 Å². The van der Waals surface area contributed by atoms with E-state index in [0.29, 0.717) is 23.8 Å². The van der Waals surface area contributed by atoms with Crippen molar-refractivity contribution in [2.75, 3.05) is 13.6 Å². The second-order valence-electron chi connectivity index (χ2n) is 12.0. The zero-order valence-electron chi connectivity index (χ0n) is 20.7. The Morgan fingerprint density at radius 2 is 1.61 bits per heavy atom. The second kappa shape index (κ2) is 9.31. The van der Waals surface area contributed by atoms with Crippen molar-refractivity contribution >= 4 is 17.7 Å². The first kappa shape index (κ1) is 23.3. The molecule has 2 aliphatic heterocycles. The second-order valence-corrected chi connectivity index (χ2v) is 12.0. The molecule has 3 saturated carbocycles. The minimum atomic E-state index is -0.791. The fraction of sp³-hybridized carbons (Fsp3) is 0.889. The molecule has 0 aromatic carbocycles. The van der Waals surface area contributed by atoms with E-state index in [1.807, 2.05) is 6.92 Å². The number of carbonyl (C=O) groups excluding carboxylic acids is 3. The number of imide groups is 1. The van der Waals surface area contributed by atoms with Crippen LogP contribution in [0.4, 0.5) is 4.79 Å². The van der Waals surface area contributed by atoms with Crippen LogP contribution >= 0.6 is 0 Å². The van der Waals surface area contributed by atoms with Crippen LogP contribution in [0.2, 0.25) is 0 Å². The van der Waals surface area contributed by atoms with E-state index < -0.39 is 5.54 Å². The summed E-state index contributed by atoms with van der Waals surface area (Å²) in [5.74, 6) is 2.00. The molecule has 184 valence electrons. The highest BCUT2D eigenvalue weighted by atomic mass is 16.2. The molecule has 0 radical (unpaired) electrons. The highest BCUT2D eigenvalue weighted by Gasteiger charge is 2.61. The monoisotopic (exact) mass is 457 g/mol. The molecular formula is C27H43N3O3. The minimum Gasteiger partial charge on any atom is -0.313 e. The lowest BCUT2D eigenvalue weighted by atomic mass is 9.74. The van der Waals surface area contributed by atoms with Crippen molar-refractivity contribution in [3.8, 4) is 0 Å². The number of fused-ring (bicyclic) bond motifs is 2. The molecule has 2 saturated heterocycles. The van der Waals surface area contributed by atoms with Crippen molar-refractivity contribution < 1.29 is 14.4 Å². The van der Waals surface area contributed by atoms with Gasteiger partial charge in [-0.25, -0.2) is 4.79 Å². The summed E-state index contributed by atoms with van der Waals surface area (Å²) in [6.07, 6.45) is 17.0. The van der Waals surface area contributed by atoms with Gasteiger partial charge in [-0.1, -0.05) is 44.9 Å². The SMILES string of the molecule is CN1C(=O)N(CC(=O)C2CCC(C3CCCCCCCC3)N2)C(=O)C1(C)C1CC2CCC1C2. The van der Waals surface area contributed by atoms with Crippen LogP contribution in [0.15, 0.2) is 0 Å². The van der Waals surface area contributed by atoms with Gasteiger partial charge in [-0.3, -0.25) is 14.5 Å². The average Bonchev–Trinajstić information content (AvgIpc) is 3.60. The van der Waals surface area contributed by atoms with E-state index in [0.717, 1.165) is 19.3 Å². The number of likely N-dealkylation sites (N-methyl/N-ethyl adjacent to an activating group) is 1. The summed E-state index contributed by atoms with van der Waals surface area (Å²) in [5, 5.41) is 3.63. The zero-order valence-corrected chi connectivity index (χ0v) is 20.7. The van der Waals surface area contributed by atoms with Gasteiger partial charge in [-0.15, -0.1) is 0 Å². The molecule has 2 heterocycles. The molecule has 3 amide bonds. The molecule has 2 bridgehead atoms. The van der Waals surface area contributed by atoms with Gasteiger partial charge < -0.3 is 10.2 Å². The number of Topliss-reactive ketones (excluding diaryl/α,β-unsaturated/α-hetero) is 1. The van der Waals surface area contributed by atoms with Crippen molar-refractivity contribution in [2.45, 2.75) is 114 Å². The van der Waals surface area contributed by atoms with Crippen LogP contribution in [0.3, 0.4) is 0 Å². The first-order valence-electron chi connectivity index (χ1n) is 13.8. The summed E-state index contributed by atoms with van der Waals surface area (Å²) in [4.78, 5) is 42.8. The molecule has 3 aliphatic carbocycles. The highest BCUT2D eigenvalue weighted by molar-refractivity contribution is 6.09. The molecule has 6 atom stereocenters. The number of ketones is 1. The highest BCUT2D eigenvalue weighted by Crippen LogP contribution is 2.54. The van der Waals surface area contributed by atoms with Crippen LogP contribution in [0, 0.1) is 23.7 Å². The van der Waals surface area contributed by atoms with Crippen LogP contribution in [-0.4, -0.2) is 58.7 Å². The van der Waals surface area contributed by atoms with Crippen LogP contribution in [0.25, 0.3) is 0 Å². The van der Waals surface area contributed by atoms with E-state index in [9.17, 15) is 14.4 Å². The number of rotatable bonds is 5. The number of urea groups is 1. The van der Waals surface area contributed by atoms with Crippen LogP contribution in [-0.2, 0) is 9.59 Å². The topological polar surface area (TPSA) is 69.7 Å². The summed E-state index contributed by atoms with van der Waals surface area (Å²) < 4.78 is 0. The van der Waals surface area contributed by atoms with Gasteiger partial charge in [0.15, 0.2) is 5.78 Å². The van der Waals surface area contributed by atoms with E-state index in [2.05, 4.69) is 5.32 Å². The predicted molar refractivity (Wildman–Crippen MR) is 128 cm³/mol. The Labute approximate surface area is 199 Å². The number of carbonyl (C=O) groups is 3. The first-order chi connectivity index (χ1) is 15.9. The van der Waals surface area contributed by atoms with Gasteiger partial charge in [0.2, 0.25) is 0 Å². The van der Waals surface area contributed by atoms with E-state index in [1.54, 1.807) is 11.9 Å². The maximum Gasteiger partial charge on any atom is 0.327 e. The standard InChI is InChI=1S/C27H43N3O3/c1-27(21-16-18-11-12-20(21)15-18)25(32)30(26(33)29(27)2)17-24(31)23-14-13-22(28-23)19-9-7-5-3-4-6-8-10-19/h18-23,28H,3-17H2,1-2H3. The molecule has 6 unspecified atom stereocenters. The van der Waals surface area contributed by atoms with E-state index in [4.69, 9.17) is 0 Å². The summed E-state index contributed by atoms with van der Waals surface area (Å²) in [5.41, 5.74) is -0.791. The van der Waals surface area contributed by atoms with Gasteiger partial charge >= 0.3 is 6.03 Å². The Morgan fingerprint density at radius 3 is 2.24 bits per heavy atom. The molecule has 0 spiro atoms. The maximum absolute atomic E-state index is 13.6. The Bertz CT molecular complexity index is 775. The van der Waals surface area contributed by atoms with E-state index in [1.165, 1.54) is 75.5 Å². The Hall–Kier alpha value is -1.43. The minimum absolute atomic E-state index is 0.00728. The molecule has 6 heteroatoms. The average molecular weight is 458 g/mol. The van der Waals surface area contributed by atoms with Gasteiger partial charge in [0.05, 0.1) is 12.6 Å². The summed E-state index contributed by atoms with van der Waals surface area (Å²) >= 11 is 0. The van der Waals surface area contributed by atoms with Gasteiger partial charge in [-0.05, 0) is 75.5 Å². The molecule has 0 aromatic heterocycles. The molecule has 5 aliphatic rings. The lowest BCUT2D eigenvalue weighted by molar-refractivity contribution is -0.138. The normalized spacial score (nSPS) is 40.4. The Morgan fingerprint density at radius 1 is 0.909 bits per heavy atom. The van der Waals surface area contributed by atoms with E-state index >= 15 is 0 Å². The predicted octanol–water partition coefficient (Wildman–Crippen LogP) is 4.52. The summed E-state index contributed by atoms with van der Waals surface area (Å²) in [7, 11) is 1.76. The van der Waals surface area contributed by atoms with E-state index in [-0.39, 0.29) is 36.2 Å². The molecule has 5 rings (SSSR count). The molecule has 33 heavy (non-hydrogen) atoms. The Kier molecular flexibility index (Phi) is 6.58. The molecule has 0 aromatic rings. The van der Waals surface area contributed by atoms with Crippen molar-refractivity contribution in [1.29, 1.82) is 0 Å². The van der Waals surface area contributed by atoms with Gasteiger partial charge in [0.25, 0.3) is 5.91 Å². The maximum atomic E-state index is 13.6. The van der Waals surface area contributed by atoms with Crippen molar-refractivity contribution in [2.24, 2.45) is 23.7 Å². The van der Waals surface area contributed by atoms with Crippen molar-refractivity contribution in [3.63, 3.8) is 0 Å². The molecule has 5 fully saturated rings. The smallest absolute Gasteiger partial charge is 0.313 e. The quantitative estimate of drug-likeness (QED) is 0.617. The molecule has 1 N–H and O–H groups in total. The van der Waals surface area contributed by atoms with Crippen LogP contribution < -0.4 is 5.32 Å². The summed E-state index contributed by atoms with van der Waals surface area (Å²) in [6.45, 7) is 1.87. The number of hydrogen-bond acceptors (Lipinski definition) is 4. The largest absolute Gasteiger partial charge is 0.327 e. The first-order valence-corrected chi connectivity index (χ1v) is 13.8. The molecular weight excluding hydrogens is 414 g/mol. The third kappa shape index (κ3) is 4.15. The van der Waals surface area contributed by atoms with Gasteiger partial charge in [0, 0.05) is 13.1 Å². The van der Waals surface area contributed by atoms with Crippen LogP contribution in [0.5, 0.6) is 0 Å². The Balaban J connectivity index is 1.21. The fourth-order valence-electron chi connectivity index (χ4n) is 8.09. The number of amides is 3. The third-order valence-electron chi connectivity index (χ3n) is 10.2. The fourth-order valence-corrected chi connectivity index (χ4v) is 8.09. The van der Waals surface area contributed by atoms with Crippen molar-refractivity contribution in [1.82, 2.24) is 15.1 Å². The van der Waals surface area contributed by atoms with Gasteiger partial charge in [-0.2, -0.15) is 0 Å². The number of nitrogens with one attached hydrogen (secondary N) is 1. The van der Waals surface area contributed by atoms with Gasteiger partial charge in [0.1, 0.15) is 5.54 Å². The summed E-state index contributed by atoms with van der Waals surface area (Å²) in [6, 6.07) is -0.101. The van der Waals surface area contributed by atoms with Crippen molar-refractivity contribution in [3.05, 3.63) is 0 Å². The number of nitrogens with zero attached hydrogens (tertiary/aromatic N) is 2. The zero-order chi connectivity index (χ0) is 23.2. The molecule has 6 nitrogen and oxygen atoms in total. The lowest BCUT2D eigenvalue weighted by Gasteiger charge is -2.39. The third-order valence-corrected chi connectivity index (χ3v) is 10.2. The lowest BCUT2D eigenvalue weighted by Crippen LogP contribution is -2.53.